The van der Waals surface area contributed by atoms with Crippen LogP contribution in [0.4, 0.5) is 11.4 Å². The molecule has 2 N–H and O–H groups in total. The summed E-state index contributed by atoms with van der Waals surface area (Å²) in [5.41, 5.74) is 5.98. The lowest BCUT2D eigenvalue weighted by Crippen LogP contribution is -2.25. The fourth-order valence-corrected chi connectivity index (χ4v) is 1.40. The maximum atomic E-state index is 10.8. The molecule has 0 aliphatic carbocycles. The smallest absolute Gasteiger partial charge is 0.292 e. The molecule has 6 heteroatoms. The van der Waals surface area contributed by atoms with Gasteiger partial charge in [0.1, 0.15) is 11.4 Å². The second-order valence-corrected chi connectivity index (χ2v) is 3.32. The van der Waals surface area contributed by atoms with Crippen LogP contribution in [0.3, 0.4) is 0 Å². The number of anilines is 1. The topological polar surface area (TPSA) is 81.6 Å². The second-order valence-electron chi connectivity index (χ2n) is 3.32. The number of benzene rings is 1. The number of likely N-dealkylation sites (N-methyl/N-ethyl adjacent to an activating group) is 1. The third kappa shape index (κ3) is 2.60. The molecule has 0 radical (unpaired) electrons. The van der Waals surface area contributed by atoms with Gasteiger partial charge in [-0.15, -0.1) is 0 Å². The summed E-state index contributed by atoms with van der Waals surface area (Å²) in [7, 11) is 3.28. The van der Waals surface area contributed by atoms with Crippen molar-refractivity contribution in [2.75, 3.05) is 32.1 Å². The van der Waals surface area contributed by atoms with Crippen molar-refractivity contribution < 1.29 is 9.66 Å². The van der Waals surface area contributed by atoms with Crippen molar-refractivity contribution >= 4 is 11.4 Å². The molecule has 0 spiro atoms. The highest BCUT2D eigenvalue weighted by molar-refractivity contribution is 5.65. The molecule has 0 aliphatic rings. The van der Waals surface area contributed by atoms with E-state index in [0.717, 1.165) is 0 Å². The van der Waals surface area contributed by atoms with E-state index in [-0.39, 0.29) is 5.69 Å². The maximum Gasteiger partial charge on any atom is 0.292 e. The van der Waals surface area contributed by atoms with Gasteiger partial charge in [0.05, 0.1) is 12.0 Å². The molecule has 0 saturated heterocycles. The minimum Gasteiger partial charge on any atom is -0.497 e. The Morgan fingerprint density at radius 2 is 2.25 bits per heavy atom. The number of hydrogen-bond donors (Lipinski definition) is 1. The fraction of sp³-hybridized carbons (Fsp3) is 0.400. The lowest BCUT2D eigenvalue weighted by molar-refractivity contribution is -0.384. The average molecular weight is 225 g/mol. The van der Waals surface area contributed by atoms with Crippen LogP contribution < -0.4 is 15.4 Å². The summed E-state index contributed by atoms with van der Waals surface area (Å²) in [6, 6.07) is 4.63. The van der Waals surface area contributed by atoms with Crippen LogP contribution in [-0.2, 0) is 0 Å². The van der Waals surface area contributed by atoms with Crippen molar-refractivity contribution in [2.45, 2.75) is 0 Å². The Hall–Kier alpha value is -1.82. The van der Waals surface area contributed by atoms with E-state index in [9.17, 15) is 10.1 Å². The molecule has 0 heterocycles. The summed E-state index contributed by atoms with van der Waals surface area (Å²) in [6.07, 6.45) is 0. The third-order valence-electron chi connectivity index (χ3n) is 2.26. The summed E-state index contributed by atoms with van der Waals surface area (Å²) in [5.74, 6) is 0.587. The first-order valence-corrected chi connectivity index (χ1v) is 4.83. The van der Waals surface area contributed by atoms with Gasteiger partial charge in [-0.05, 0) is 6.07 Å². The van der Waals surface area contributed by atoms with Gasteiger partial charge in [0.15, 0.2) is 0 Å². The summed E-state index contributed by atoms with van der Waals surface area (Å²) in [4.78, 5) is 12.2. The highest BCUT2D eigenvalue weighted by Gasteiger charge is 2.17. The van der Waals surface area contributed by atoms with Gasteiger partial charge in [0.2, 0.25) is 0 Å². The van der Waals surface area contributed by atoms with Gasteiger partial charge in [-0.3, -0.25) is 10.1 Å². The Morgan fingerprint density at radius 3 is 2.75 bits per heavy atom. The van der Waals surface area contributed by atoms with Crippen LogP contribution in [0.1, 0.15) is 0 Å². The molecule has 6 nitrogen and oxygen atoms in total. The minimum absolute atomic E-state index is 0.0525. The Morgan fingerprint density at radius 1 is 1.56 bits per heavy atom. The predicted molar refractivity (Wildman–Crippen MR) is 62.0 cm³/mol. The summed E-state index contributed by atoms with van der Waals surface area (Å²) >= 11 is 0. The molecule has 0 atom stereocenters. The molecule has 1 aromatic rings. The molecule has 0 amide bonds. The van der Waals surface area contributed by atoms with Gasteiger partial charge >= 0.3 is 0 Å². The molecule has 16 heavy (non-hydrogen) atoms. The average Bonchev–Trinajstić information content (AvgIpc) is 2.28. The molecule has 0 aliphatic heterocycles. The summed E-state index contributed by atoms with van der Waals surface area (Å²) in [5, 5.41) is 10.8. The highest BCUT2D eigenvalue weighted by atomic mass is 16.6. The number of ether oxygens (including phenoxy) is 1. The minimum atomic E-state index is -0.415. The second kappa shape index (κ2) is 5.32. The molecule has 0 aromatic heterocycles. The van der Waals surface area contributed by atoms with Crippen molar-refractivity contribution in [1.29, 1.82) is 0 Å². The van der Waals surface area contributed by atoms with Crippen LogP contribution in [0, 0.1) is 10.1 Å². The first-order chi connectivity index (χ1) is 7.60. The van der Waals surface area contributed by atoms with Crippen LogP contribution in [0.5, 0.6) is 5.75 Å². The largest absolute Gasteiger partial charge is 0.497 e. The third-order valence-corrected chi connectivity index (χ3v) is 2.26. The Labute approximate surface area is 93.8 Å². The van der Waals surface area contributed by atoms with Crippen LogP contribution in [0.2, 0.25) is 0 Å². The van der Waals surface area contributed by atoms with E-state index in [1.807, 2.05) is 0 Å². The Bertz CT molecular complexity index is 382. The van der Waals surface area contributed by atoms with E-state index in [4.69, 9.17) is 10.5 Å². The molecule has 0 fully saturated rings. The van der Waals surface area contributed by atoms with Crippen molar-refractivity contribution in [3.05, 3.63) is 28.3 Å². The van der Waals surface area contributed by atoms with E-state index >= 15 is 0 Å². The zero-order valence-electron chi connectivity index (χ0n) is 9.34. The molecule has 0 saturated carbocycles. The van der Waals surface area contributed by atoms with Gasteiger partial charge in [-0.25, -0.2) is 0 Å². The number of nitrogens with zero attached hydrogens (tertiary/aromatic N) is 2. The SMILES string of the molecule is COc1ccc([N+](=O)[O-])c(N(C)CCN)c1. The first kappa shape index (κ1) is 12.3. The fourth-order valence-electron chi connectivity index (χ4n) is 1.40. The van der Waals surface area contributed by atoms with Crippen LogP contribution in [-0.4, -0.2) is 32.2 Å². The maximum absolute atomic E-state index is 10.8. The van der Waals surface area contributed by atoms with E-state index in [0.29, 0.717) is 24.5 Å². The van der Waals surface area contributed by atoms with Gasteiger partial charge in [0, 0.05) is 32.3 Å². The van der Waals surface area contributed by atoms with Gasteiger partial charge < -0.3 is 15.4 Å². The monoisotopic (exact) mass is 225 g/mol. The standard InChI is InChI=1S/C10H15N3O3/c1-12(6-5-11)10-7-8(16-2)3-4-9(10)13(14)15/h3-4,7H,5-6,11H2,1-2H3. The van der Waals surface area contributed by atoms with Crippen LogP contribution >= 0.6 is 0 Å². The lowest BCUT2D eigenvalue weighted by atomic mass is 10.2. The molecular formula is C10H15N3O3. The summed E-state index contributed by atoms with van der Waals surface area (Å²) in [6.45, 7) is 0.985. The molecule has 0 unspecified atom stereocenters. The quantitative estimate of drug-likeness (QED) is 0.597. The number of rotatable bonds is 5. The molecule has 1 aromatic carbocycles. The van der Waals surface area contributed by atoms with Crippen molar-refractivity contribution in [1.82, 2.24) is 0 Å². The predicted octanol–water partition coefficient (Wildman–Crippen LogP) is 0.998. The first-order valence-electron chi connectivity index (χ1n) is 4.83. The van der Waals surface area contributed by atoms with E-state index in [1.165, 1.54) is 13.2 Å². The summed E-state index contributed by atoms with van der Waals surface area (Å²) < 4.78 is 5.04. The number of nitro groups is 1. The zero-order valence-corrected chi connectivity index (χ0v) is 9.34. The van der Waals surface area contributed by atoms with Crippen LogP contribution in [0.15, 0.2) is 18.2 Å². The number of hydrogen-bond acceptors (Lipinski definition) is 5. The van der Waals surface area contributed by atoms with Crippen molar-refractivity contribution in [3.8, 4) is 5.75 Å². The van der Waals surface area contributed by atoms with E-state index in [1.54, 1.807) is 24.1 Å². The molecule has 1 rings (SSSR count). The van der Waals surface area contributed by atoms with Gasteiger partial charge in [0.25, 0.3) is 5.69 Å². The van der Waals surface area contributed by atoms with Gasteiger partial charge in [-0.2, -0.15) is 0 Å². The van der Waals surface area contributed by atoms with E-state index in [2.05, 4.69) is 0 Å². The Balaban J connectivity index is 3.14. The van der Waals surface area contributed by atoms with Crippen molar-refractivity contribution in [2.24, 2.45) is 5.73 Å². The number of nitro benzene ring substituents is 1. The number of nitrogens with two attached hydrogens (primary N) is 1. The zero-order chi connectivity index (χ0) is 12.1. The molecule has 88 valence electrons. The van der Waals surface area contributed by atoms with Crippen molar-refractivity contribution in [3.63, 3.8) is 0 Å². The van der Waals surface area contributed by atoms with E-state index < -0.39 is 4.92 Å². The van der Waals surface area contributed by atoms with Gasteiger partial charge in [-0.1, -0.05) is 0 Å². The highest BCUT2D eigenvalue weighted by Crippen LogP contribution is 2.31. The molecular weight excluding hydrogens is 210 g/mol. The van der Waals surface area contributed by atoms with Crippen LogP contribution in [0.25, 0.3) is 0 Å². The molecule has 0 bridgehead atoms. The normalized spacial score (nSPS) is 9.94. The number of methoxy groups -OCH3 is 1. The lowest BCUT2D eigenvalue weighted by Gasteiger charge is -2.18. The Kier molecular flexibility index (Phi) is 4.07.